The molecule has 4 aromatic rings. The standard InChI is InChI=1S/C21H20N4O2/c22-17(10-15-12-23-18-9-5-4-8-16(15)18)21-25-19(13-27-21)20(26)24-11-14-6-2-1-3-7-14/h1-9,12-13,17,23H,10-11,22H2,(H,24,26). The molecule has 0 radical (unpaired) electrons. The topological polar surface area (TPSA) is 96.9 Å². The van der Waals surface area contributed by atoms with Gasteiger partial charge in [-0.1, -0.05) is 48.5 Å². The van der Waals surface area contributed by atoms with Crippen molar-refractivity contribution >= 4 is 16.8 Å². The van der Waals surface area contributed by atoms with Gasteiger partial charge < -0.3 is 20.5 Å². The van der Waals surface area contributed by atoms with E-state index >= 15 is 0 Å². The molecule has 2 aromatic heterocycles. The molecule has 0 fully saturated rings. The second kappa shape index (κ2) is 7.47. The van der Waals surface area contributed by atoms with E-state index in [0.29, 0.717) is 18.9 Å². The number of para-hydroxylation sites is 1. The first-order valence-electron chi connectivity index (χ1n) is 8.79. The van der Waals surface area contributed by atoms with Gasteiger partial charge in [-0.2, -0.15) is 0 Å². The molecule has 0 saturated carbocycles. The predicted octanol–water partition coefficient (Wildman–Crippen LogP) is 3.33. The first-order valence-corrected chi connectivity index (χ1v) is 8.79. The van der Waals surface area contributed by atoms with Crippen molar-refractivity contribution in [3.05, 3.63) is 89.8 Å². The zero-order valence-corrected chi connectivity index (χ0v) is 14.7. The van der Waals surface area contributed by atoms with Crippen molar-refractivity contribution in [2.75, 3.05) is 0 Å². The summed E-state index contributed by atoms with van der Waals surface area (Å²) < 4.78 is 5.45. The van der Waals surface area contributed by atoms with Crippen LogP contribution in [0.2, 0.25) is 0 Å². The molecule has 6 nitrogen and oxygen atoms in total. The number of aromatic nitrogens is 2. The van der Waals surface area contributed by atoms with Crippen LogP contribution >= 0.6 is 0 Å². The minimum atomic E-state index is -0.431. The number of rotatable bonds is 6. The highest BCUT2D eigenvalue weighted by Gasteiger charge is 2.18. The van der Waals surface area contributed by atoms with Crippen molar-refractivity contribution in [3.8, 4) is 0 Å². The lowest BCUT2D eigenvalue weighted by atomic mass is 10.1. The Morgan fingerprint density at radius 3 is 2.78 bits per heavy atom. The van der Waals surface area contributed by atoms with Crippen molar-refractivity contribution in [3.63, 3.8) is 0 Å². The number of hydrogen-bond donors (Lipinski definition) is 3. The molecule has 136 valence electrons. The number of nitrogens with two attached hydrogens (primary N) is 1. The summed E-state index contributed by atoms with van der Waals surface area (Å²) in [6.45, 7) is 0.434. The van der Waals surface area contributed by atoms with Gasteiger partial charge in [0.2, 0.25) is 5.89 Å². The summed E-state index contributed by atoms with van der Waals surface area (Å²) >= 11 is 0. The largest absolute Gasteiger partial charge is 0.446 e. The highest BCUT2D eigenvalue weighted by molar-refractivity contribution is 5.91. The average molecular weight is 360 g/mol. The first kappa shape index (κ1) is 17.1. The highest BCUT2D eigenvalue weighted by atomic mass is 16.3. The Morgan fingerprint density at radius 1 is 1.15 bits per heavy atom. The van der Waals surface area contributed by atoms with Gasteiger partial charge in [0.15, 0.2) is 5.69 Å². The van der Waals surface area contributed by atoms with Crippen LogP contribution in [0.25, 0.3) is 10.9 Å². The van der Waals surface area contributed by atoms with Crippen LogP contribution in [0, 0.1) is 0 Å². The van der Waals surface area contributed by atoms with Crippen LogP contribution in [0.4, 0.5) is 0 Å². The van der Waals surface area contributed by atoms with E-state index in [1.807, 2.05) is 60.8 Å². The molecule has 2 aromatic carbocycles. The van der Waals surface area contributed by atoms with Crippen molar-refractivity contribution in [1.29, 1.82) is 0 Å². The lowest BCUT2D eigenvalue weighted by molar-refractivity contribution is 0.0946. The summed E-state index contributed by atoms with van der Waals surface area (Å²) in [6.07, 6.45) is 3.86. The van der Waals surface area contributed by atoms with Gasteiger partial charge in [-0.25, -0.2) is 4.98 Å². The Labute approximate surface area is 156 Å². The minimum Gasteiger partial charge on any atom is -0.446 e. The van der Waals surface area contributed by atoms with E-state index in [0.717, 1.165) is 22.0 Å². The lowest BCUT2D eigenvalue weighted by Gasteiger charge is -2.06. The summed E-state index contributed by atoms with van der Waals surface area (Å²) in [4.78, 5) is 19.8. The SMILES string of the molecule is NC(Cc1c[nH]c2ccccc12)c1nc(C(=O)NCc2ccccc2)co1. The van der Waals surface area contributed by atoms with Crippen molar-refractivity contribution < 1.29 is 9.21 Å². The third kappa shape index (κ3) is 3.75. The number of amides is 1. The van der Waals surface area contributed by atoms with Crippen molar-refractivity contribution in [1.82, 2.24) is 15.3 Å². The maximum Gasteiger partial charge on any atom is 0.273 e. The molecule has 0 aliphatic rings. The number of nitrogens with one attached hydrogen (secondary N) is 2. The molecule has 6 heteroatoms. The molecule has 0 spiro atoms. The highest BCUT2D eigenvalue weighted by Crippen LogP contribution is 2.23. The molecule has 0 bridgehead atoms. The third-order valence-electron chi connectivity index (χ3n) is 4.48. The minimum absolute atomic E-state index is 0.232. The fraction of sp³-hybridized carbons (Fsp3) is 0.143. The molecule has 0 aliphatic carbocycles. The lowest BCUT2D eigenvalue weighted by Crippen LogP contribution is -2.23. The molecule has 4 N–H and O–H groups in total. The first-order chi connectivity index (χ1) is 13.2. The Morgan fingerprint density at radius 2 is 1.93 bits per heavy atom. The number of hydrogen-bond acceptors (Lipinski definition) is 4. The Bertz CT molecular complexity index is 1050. The van der Waals surface area contributed by atoms with E-state index in [9.17, 15) is 4.79 Å². The molecule has 1 amide bonds. The smallest absolute Gasteiger partial charge is 0.273 e. The van der Waals surface area contributed by atoms with E-state index in [1.165, 1.54) is 6.26 Å². The second-order valence-corrected chi connectivity index (χ2v) is 6.41. The quantitative estimate of drug-likeness (QED) is 0.491. The van der Waals surface area contributed by atoms with Crippen LogP contribution in [-0.4, -0.2) is 15.9 Å². The maximum atomic E-state index is 12.3. The number of carbonyl (C=O) groups excluding carboxylic acids is 1. The third-order valence-corrected chi connectivity index (χ3v) is 4.48. The molecule has 0 saturated heterocycles. The fourth-order valence-electron chi connectivity index (χ4n) is 3.06. The Kier molecular flexibility index (Phi) is 4.72. The van der Waals surface area contributed by atoms with Gasteiger partial charge in [0.05, 0.1) is 6.04 Å². The second-order valence-electron chi connectivity index (χ2n) is 6.41. The van der Waals surface area contributed by atoms with E-state index in [-0.39, 0.29) is 11.6 Å². The van der Waals surface area contributed by atoms with Crippen LogP contribution in [0.15, 0.2) is 71.5 Å². The van der Waals surface area contributed by atoms with Crippen molar-refractivity contribution in [2.24, 2.45) is 5.73 Å². The van der Waals surface area contributed by atoms with E-state index in [1.54, 1.807) is 0 Å². The number of fused-ring (bicyclic) bond motifs is 1. The number of H-pyrrole nitrogens is 1. The molecular weight excluding hydrogens is 340 g/mol. The van der Waals surface area contributed by atoms with Gasteiger partial charge in [0, 0.05) is 23.6 Å². The van der Waals surface area contributed by atoms with Gasteiger partial charge in [-0.05, 0) is 23.6 Å². The number of carbonyl (C=O) groups is 1. The van der Waals surface area contributed by atoms with Crippen molar-refractivity contribution in [2.45, 2.75) is 19.0 Å². The molecule has 0 aliphatic heterocycles. The average Bonchev–Trinajstić information content (AvgIpc) is 3.35. The van der Waals surface area contributed by atoms with Gasteiger partial charge >= 0.3 is 0 Å². The summed E-state index contributed by atoms with van der Waals surface area (Å²) in [6, 6.07) is 17.3. The molecular formula is C21H20N4O2. The van der Waals surface area contributed by atoms with E-state index < -0.39 is 6.04 Å². The number of aromatic amines is 1. The predicted molar refractivity (Wildman–Crippen MR) is 103 cm³/mol. The number of benzene rings is 2. The summed E-state index contributed by atoms with van der Waals surface area (Å²) in [7, 11) is 0. The zero-order chi connectivity index (χ0) is 18.6. The van der Waals surface area contributed by atoms with E-state index in [2.05, 4.69) is 15.3 Å². The molecule has 1 atom stereocenters. The van der Waals surface area contributed by atoms with Crippen LogP contribution in [0.3, 0.4) is 0 Å². The zero-order valence-electron chi connectivity index (χ0n) is 14.7. The van der Waals surface area contributed by atoms with Gasteiger partial charge in [0.25, 0.3) is 5.91 Å². The monoisotopic (exact) mass is 360 g/mol. The van der Waals surface area contributed by atoms with E-state index in [4.69, 9.17) is 10.2 Å². The van der Waals surface area contributed by atoms with Gasteiger partial charge in [-0.15, -0.1) is 0 Å². The van der Waals surface area contributed by atoms with Crippen LogP contribution < -0.4 is 11.1 Å². The summed E-state index contributed by atoms with van der Waals surface area (Å²) in [5.74, 6) is 0.0679. The Balaban J connectivity index is 1.41. The molecule has 1 unspecified atom stereocenters. The summed E-state index contributed by atoms with van der Waals surface area (Å²) in [5.41, 5.74) is 9.66. The maximum absolute atomic E-state index is 12.3. The van der Waals surface area contributed by atoms with Gasteiger partial charge in [0.1, 0.15) is 6.26 Å². The van der Waals surface area contributed by atoms with Crippen LogP contribution in [0.5, 0.6) is 0 Å². The molecule has 4 rings (SSSR count). The fourth-order valence-corrected chi connectivity index (χ4v) is 3.06. The van der Waals surface area contributed by atoms with Gasteiger partial charge in [-0.3, -0.25) is 4.79 Å². The van der Waals surface area contributed by atoms with Crippen LogP contribution in [0.1, 0.15) is 33.5 Å². The number of oxazole rings is 1. The molecule has 27 heavy (non-hydrogen) atoms. The summed E-state index contributed by atoms with van der Waals surface area (Å²) in [5, 5.41) is 3.96. The number of nitrogens with zero attached hydrogens (tertiary/aromatic N) is 1. The van der Waals surface area contributed by atoms with Crippen LogP contribution in [-0.2, 0) is 13.0 Å². The molecule has 2 heterocycles. The Hall–Kier alpha value is -3.38. The normalized spacial score (nSPS) is 12.2.